The second kappa shape index (κ2) is 6.47. The number of para-hydroxylation sites is 1. The number of hydrogen-bond donors (Lipinski definition) is 0. The number of nitrogens with zero attached hydrogens (tertiary/aromatic N) is 3. The first-order valence-corrected chi connectivity index (χ1v) is 9.17. The third kappa shape index (κ3) is 3.00. The summed E-state index contributed by atoms with van der Waals surface area (Å²) in [5.74, 6) is 2.92. The number of ether oxygens (including phenoxy) is 1. The van der Waals surface area contributed by atoms with E-state index in [1.54, 1.807) is 18.7 Å². The highest BCUT2D eigenvalue weighted by atomic mass is 32.2. The Labute approximate surface area is 144 Å². The number of aryl methyl sites for hydroxylation is 1. The van der Waals surface area contributed by atoms with Gasteiger partial charge in [-0.15, -0.1) is 11.8 Å². The molecule has 2 aliphatic rings. The molecule has 1 aromatic heterocycles. The van der Waals surface area contributed by atoms with Gasteiger partial charge in [-0.1, -0.05) is 17.3 Å². The van der Waals surface area contributed by atoms with E-state index in [9.17, 15) is 4.79 Å². The van der Waals surface area contributed by atoms with Crippen molar-refractivity contribution in [1.82, 2.24) is 15.0 Å². The van der Waals surface area contributed by atoms with Gasteiger partial charge in [-0.25, -0.2) is 0 Å². The van der Waals surface area contributed by atoms with E-state index in [2.05, 4.69) is 10.1 Å². The summed E-state index contributed by atoms with van der Waals surface area (Å²) < 4.78 is 11.0. The first-order chi connectivity index (χ1) is 11.7. The fourth-order valence-corrected chi connectivity index (χ4v) is 4.19. The minimum Gasteiger partial charge on any atom is -0.479 e. The molecule has 2 atom stereocenters. The lowest BCUT2D eigenvalue weighted by Gasteiger charge is -2.35. The number of piperidine rings is 1. The standard InChI is InChI=1S/C17H19N3O3S/c1-11-18-16(19-23-11)12-5-4-8-20(9-12)17(21)14-10-24-15-7-3-2-6-13(15)22-14/h2-3,6-7,12,14H,4-5,8-10H2,1H3/t12-,14-/m1/s1. The monoisotopic (exact) mass is 345 g/mol. The van der Waals surface area contributed by atoms with Crippen molar-refractivity contribution in [1.29, 1.82) is 0 Å². The summed E-state index contributed by atoms with van der Waals surface area (Å²) in [5, 5.41) is 4.02. The Balaban J connectivity index is 1.45. The van der Waals surface area contributed by atoms with Crippen LogP contribution in [0.3, 0.4) is 0 Å². The summed E-state index contributed by atoms with van der Waals surface area (Å²) in [6.07, 6.45) is 1.50. The number of fused-ring (bicyclic) bond motifs is 1. The van der Waals surface area contributed by atoms with Gasteiger partial charge in [0.2, 0.25) is 5.89 Å². The number of thioether (sulfide) groups is 1. The number of carbonyl (C=O) groups excluding carboxylic acids is 1. The van der Waals surface area contributed by atoms with E-state index in [-0.39, 0.29) is 11.8 Å². The van der Waals surface area contributed by atoms with Gasteiger partial charge in [-0.05, 0) is 25.0 Å². The van der Waals surface area contributed by atoms with Crippen molar-refractivity contribution in [3.63, 3.8) is 0 Å². The molecule has 0 N–H and O–H groups in total. The van der Waals surface area contributed by atoms with Crippen LogP contribution in [0.2, 0.25) is 0 Å². The molecule has 1 fully saturated rings. The number of carbonyl (C=O) groups is 1. The maximum absolute atomic E-state index is 12.9. The van der Waals surface area contributed by atoms with Crippen molar-refractivity contribution in [2.45, 2.75) is 36.7 Å². The maximum atomic E-state index is 12.9. The van der Waals surface area contributed by atoms with E-state index in [1.165, 1.54) is 0 Å². The van der Waals surface area contributed by atoms with Crippen LogP contribution >= 0.6 is 11.8 Å². The van der Waals surface area contributed by atoms with Crippen LogP contribution in [0.25, 0.3) is 0 Å². The lowest BCUT2D eigenvalue weighted by Crippen LogP contribution is -2.48. The van der Waals surface area contributed by atoms with Gasteiger partial charge in [0.25, 0.3) is 5.91 Å². The van der Waals surface area contributed by atoms with Gasteiger partial charge in [0.05, 0.1) is 0 Å². The molecule has 2 aliphatic heterocycles. The zero-order valence-corrected chi connectivity index (χ0v) is 14.3. The summed E-state index contributed by atoms with van der Waals surface area (Å²) in [6, 6.07) is 7.86. The van der Waals surface area contributed by atoms with Crippen molar-refractivity contribution in [3.8, 4) is 5.75 Å². The van der Waals surface area contributed by atoms with Crippen LogP contribution in [0, 0.1) is 6.92 Å². The van der Waals surface area contributed by atoms with Crippen molar-refractivity contribution in [2.24, 2.45) is 0 Å². The third-order valence-electron chi connectivity index (χ3n) is 4.43. The zero-order chi connectivity index (χ0) is 16.5. The Morgan fingerprint density at radius 3 is 3.08 bits per heavy atom. The Kier molecular flexibility index (Phi) is 4.18. The molecule has 1 aromatic carbocycles. The Morgan fingerprint density at radius 2 is 2.25 bits per heavy atom. The van der Waals surface area contributed by atoms with Gasteiger partial charge in [0.15, 0.2) is 11.9 Å². The fourth-order valence-electron chi connectivity index (χ4n) is 3.21. The van der Waals surface area contributed by atoms with E-state index >= 15 is 0 Å². The predicted molar refractivity (Wildman–Crippen MR) is 89.2 cm³/mol. The van der Waals surface area contributed by atoms with Gasteiger partial charge in [-0.3, -0.25) is 4.79 Å². The topological polar surface area (TPSA) is 68.5 Å². The molecular weight excluding hydrogens is 326 g/mol. The van der Waals surface area contributed by atoms with E-state index < -0.39 is 6.10 Å². The van der Waals surface area contributed by atoms with Crippen LogP contribution < -0.4 is 4.74 Å². The lowest BCUT2D eigenvalue weighted by atomic mass is 9.97. The lowest BCUT2D eigenvalue weighted by molar-refractivity contribution is -0.139. The predicted octanol–water partition coefficient (Wildman–Crippen LogP) is 2.64. The van der Waals surface area contributed by atoms with Crippen LogP contribution in [-0.4, -0.2) is 45.9 Å². The van der Waals surface area contributed by atoms with Crippen molar-refractivity contribution >= 4 is 17.7 Å². The third-order valence-corrected chi connectivity index (χ3v) is 5.54. The number of amides is 1. The summed E-state index contributed by atoms with van der Waals surface area (Å²) in [6.45, 7) is 3.18. The van der Waals surface area contributed by atoms with Gasteiger partial charge in [0.1, 0.15) is 5.75 Å². The maximum Gasteiger partial charge on any atom is 0.264 e. The molecule has 0 aliphatic carbocycles. The normalized spacial score (nSPS) is 23.5. The van der Waals surface area contributed by atoms with Crippen LogP contribution in [0.15, 0.2) is 33.7 Å². The first-order valence-electron chi connectivity index (χ1n) is 8.18. The molecule has 1 saturated heterocycles. The molecule has 0 spiro atoms. The summed E-state index contributed by atoms with van der Waals surface area (Å²) >= 11 is 1.68. The second-order valence-electron chi connectivity index (χ2n) is 6.16. The van der Waals surface area contributed by atoms with Gasteiger partial charge >= 0.3 is 0 Å². The molecule has 6 nitrogen and oxygen atoms in total. The highest BCUT2D eigenvalue weighted by Gasteiger charge is 2.34. The number of likely N-dealkylation sites (tertiary alicyclic amines) is 1. The van der Waals surface area contributed by atoms with Crippen LogP contribution in [0.1, 0.15) is 30.5 Å². The van der Waals surface area contributed by atoms with Crippen molar-refractivity contribution < 1.29 is 14.1 Å². The van der Waals surface area contributed by atoms with Gasteiger partial charge in [-0.2, -0.15) is 4.98 Å². The van der Waals surface area contributed by atoms with Crippen LogP contribution in [0.4, 0.5) is 0 Å². The molecule has 2 aromatic rings. The highest BCUT2D eigenvalue weighted by Crippen LogP contribution is 2.36. The largest absolute Gasteiger partial charge is 0.479 e. The molecule has 3 heterocycles. The molecule has 126 valence electrons. The highest BCUT2D eigenvalue weighted by molar-refractivity contribution is 7.99. The van der Waals surface area contributed by atoms with Crippen molar-refractivity contribution in [2.75, 3.05) is 18.8 Å². The quantitative estimate of drug-likeness (QED) is 0.833. The number of benzene rings is 1. The molecule has 4 rings (SSSR count). The molecule has 24 heavy (non-hydrogen) atoms. The molecule has 0 unspecified atom stereocenters. The summed E-state index contributed by atoms with van der Waals surface area (Å²) in [4.78, 5) is 20.2. The van der Waals surface area contributed by atoms with E-state index in [4.69, 9.17) is 9.26 Å². The van der Waals surface area contributed by atoms with Crippen LogP contribution in [-0.2, 0) is 4.79 Å². The number of rotatable bonds is 2. The number of aromatic nitrogens is 2. The van der Waals surface area contributed by atoms with Crippen molar-refractivity contribution in [3.05, 3.63) is 36.0 Å². The molecule has 1 amide bonds. The molecule has 7 heteroatoms. The first kappa shape index (κ1) is 15.5. The molecular formula is C17H19N3O3S. The van der Waals surface area contributed by atoms with Gasteiger partial charge in [0, 0.05) is 36.6 Å². The Bertz CT molecular complexity index is 748. The second-order valence-corrected chi connectivity index (χ2v) is 7.22. The SMILES string of the molecule is Cc1nc([C@@H]2CCCN(C(=O)[C@H]3CSc4ccccc4O3)C2)no1. The zero-order valence-electron chi connectivity index (χ0n) is 13.5. The van der Waals surface area contributed by atoms with E-state index in [0.717, 1.165) is 30.0 Å². The minimum absolute atomic E-state index is 0.0573. The smallest absolute Gasteiger partial charge is 0.264 e. The molecule has 0 saturated carbocycles. The minimum atomic E-state index is -0.421. The van der Waals surface area contributed by atoms with Gasteiger partial charge < -0.3 is 14.2 Å². The van der Waals surface area contributed by atoms with E-state index in [1.807, 2.05) is 29.2 Å². The van der Waals surface area contributed by atoms with Crippen LogP contribution in [0.5, 0.6) is 5.75 Å². The Morgan fingerprint density at radius 1 is 1.38 bits per heavy atom. The molecule has 0 radical (unpaired) electrons. The average Bonchev–Trinajstić information content (AvgIpc) is 3.07. The Hall–Kier alpha value is -2.02. The average molecular weight is 345 g/mol. The summed E-state index contributed by atoms with van der Waals surface area (Å²) in [5.41, 5.74) is 0. The molecule has 0 bridgehead atoms. The number of hydrogen-bond acceptors (Lipinski definition) is 6. The fraction of sp³-hybridized carbons (Fsp3) is 0.471. The summed E-state index contributed by atoms with van der Waals surface area (Å²) in [7, 11) is 0. The van der Waals surface area contributed by atoms with E-state index in [0.29, 0.717) is 24.0 Å².